The average Bonchev–Trinajstić information content (AvgIpc) is 3.18. The van der Waals surface area contributed by atoms with Crippen molar-refractivity contribution in [2.75, 3.05) is 33.2 Å². The molecule has 6 heteroatoms. The van der Waals surface area contributed by atoms with Crippen LogP contribution in [0.2, 0.25) is 0 Å². The number of amides is 2. The summed E-state index contributed by atoms with van der Waals surface area (Å²) in [4.78, 5) is 24.9. The van der Waals surface area contributed by atoms with Crippen LogP contribution in [0.3, 0.4) is 0 Å². The maximum Gasteiger partial charge on any atom is 0.317 e. The number of rotatable bonds is 5. The summed E-state index contributed by atoms with van der Waals surface area (Å²) in [6, 6.07) is -0.117. The molecule has 0 aromatic rings. The molecule has 2 rings (SSSR count). The van der Waals surface area contributed by atoms with Crippen LogP contribution in [-0.4, -0.2) is 55.2 Å². The molecule has 1 aliphatic carbocycles. The minimum absolute atomic E-state index is 0.117. The molecule has 1 atom stereocenters. The van der Waals surface area contributed by atoms with E-state index in [0.717, 1.165) is 32.5 Å². The van der Waals surface area contributed by atoms with Gasteiger partial charge in [-0.2, -0.15) is 0 Å². The van der Waals surface area contributed by atoms with E-state index in [9.17, 15) is 9.59 Å². The molecule has 1 aliphatic heterocycles. The predicted octanol–water partition coefficient (Wildman–Crippen LogP) is 0.492. The van der Waals surface area contributed by atoms with Crippen LogP contribution in [0, 0.1) is 11.3 Å². The molecule has 0 radical (unpaired) electrons. The number of carboxylic acids is 1. The first-order valence-electron chi connectivity index (χ1n) is 6.98. The second-order valence-electron chi connectivity index (χ2n) is 5.76. The van der Waals surface area contributed by atoms with Crippen LogP contribution >= 0.6 is 0 Å². The summed E-state index contributed by atoms with van der Waals surface area (Å²) in [6.07, 6.45) is 3.50. The Hall–Kier alpha value is -1.30. The molecule has 2 fully saturated rings. The number of carboxylic acid groups (broad SMARTS) is 1. The number of hydrogen-bond acceptors (Lipinski definition) is 3. The lowest BCUT2D eigenvalue weighted by Crippen LogP contribution is -2.48. The molecule has 2 amide bonds. The maximum atomic E-state index is 12.0. The van der Waals surface area contributed by atoms with Crippen molar-refractivity contribution in [3.8, 4) is 0 Å². The van der Waals surface area contributed by atoms with Gasteiger partial charge in [0.1, 0.15) is 0 Å². The molecule has 1 unspecified atom stereocenters. The Labute approximate surface area is 113 Å². The Morgan fingerprint density at radius 3 is 2.74 bits per heavy atom. The van der Waals surface area contributed by atoms with E-state index in [1.165, 1.54) is 0 Å². The van der Waals surface area contributed by atoms with Gasteiger partial charge < -0.3 is 20.6 Å². The van der Waals surface area contributed by atoms with Crippen LogP contribution in [-0.2, 0) is 4.79 Å². The van der Waals surface area contributed by atoms with Crippen molar-refractivity contribution in [1.29, 1.82) is 0 Å². The molecule has 0 spiro atoms. The van der Waals surface area contributed by atoms with Gasteiger partial charge in [0.05, 0.1) is 5.41 Å². The number of carbonyl (C=O) groups is 2. The van der Waals surface area contributed by atoms with Gasteiger partial charge in [-0.3, -0.25) is 4.79 Å². The van der Waals surface area contributed by atoms with Crippen molar-refractivity contribution in [1.82, 2.24) is 15.5 Å². The van der Waals surface area contributed by atoms with Gasteiger partial charge in [0.15, 0.2) is 0 Å². The number of carbonyl (C=O) groups excluding carboxylic acids is 1. The van der Waals surface area contributed by atoms with Crippen molar-refractivity contribution < 1.29 is 14.7 Å². The normalized spacial score (nSPS) is 24.9. The second kappa shape index (κ2) is 5.77. The Morgan fingerprint density at radius 2 is 2.16 bits per heavy atom. The summed E-state index contributed by atoms with van der Waals surface area (Å²) in [5.74, 6) is -0.293. The molecule has 6 nitrogen and oxygen atoms in total. The van der Waals surface area contributed by atoms with Crippen LogP contribution in [0.25, 0.3) is 0 Å². The lowest BCUT2D eigenvalue weighted by atomic mass is 9.98. The van der Waals surface area contributed by atoms with Gasteiger partial charge in [-0.05, 0) is 45.2 Å². The van der Waals surface area contributed by atoms with Gasteiger partial charge in [-0.1, -0.05) is 0 Å². The molecule has 108 valence electrons. The van der Waals surface area contributed by atoms with E-state index in [-0.39, 0.29) is 12.6 Å². The van der Waals surface area contributed by atoms with E-state index in [1.807, 2.05) is 11.9 Å². The lowest BCUT2D eigenvalue weighted by molar-refractivity contribution is -0.143. The van der Waals surface area contributed by atoms with Crippen LogP contribution in [0.15, 0.2) is 0 Å². The standard InChI is InChI=1S/C13H23N3O3/c1-14-7-10-3-2-6-16(8-10)12(19)15-9-13(4-5-13)11(17)18/h10,14H,2-9H2,1H3,(H,15,19)(H,17,18). The summed E-state index contributed by atoms with van der Waals surface area (Å²) in [5.41, 5.74) is -0.685. The molecule has 0 aromatic carbocycles. The topological polar surface area (TPSA) is 81.7 Å². The second-order valence-corrected chi connectivity index (χ2v) is 5.76. The minimum atomic E-state index is -0.792. The fourth-order valence-corrected chi connectivity index (χ4v) is 2.68. The van der Waals surface area contributed by atoms with Gasteiger partial charge in [-0.25, -0.2) is 4.79 Å². The first kappa shape index (κ1) is 14.1. The number of aliphatic carboxylic acids is 1. The van der Waals surface area contributed by atoms with Gasteiger partial charge in [0.2, 0.25) is 0 Å². The van der Waals surface area contributed by atoms with Gasteiger partial charge in [-0.15, -0.1) is 0 Å². The number of piperidine rings is 1. The fraction of sp³-hybridized carbons (Fsp3) is 0.846. The molecule has 3 N–H and O–H groups in total. The Bertz CT molecular complexity index is 353. The zero-order valence-corrected chi connectivity index (χ0v) is 11.4. The van der Waals surface area contributed by atoms with Gasteiger partial charge in [0.25, 0.3) is 0 Å². The first-order chi connectivity index (χ1) is 9.07. The number of nitrogens with zero attached hydrogens (tertiary/aromatic N) is 1. The maximum absolute atomic E-state index is 12.0. The predicted molar refractivity (Wildman–Crippen MR) is 70.9 cm³/mol. The van der Waals surface area contributed by atoms with Crippen molar-refractivity contribution >= 4 is 12.0 Å². The molecule has 1 saturated carbocycles. The highest BCUT2D eigenvalue weighted by Crippen LogP contribution is 2.45. The van der Waals surface area contributed by atoms with Crippen molar-refractivity contribution in [2.24, 2.45) is 11.3 Å². The van der Waals surface area contributed by atoms with E-state index >= 15 is 0 Å². The monoisotopic (exact) mass is 269 g/mol. The van der Waals surface area contributed by atoms with E-state index < -0.39 is 11.4 Å². The minimum Gasteiger partial charge on any atom is -0.481 e. The summed E-state index contributed by atoms with van der Waals surface area (Å²) in [7, 11) is 1.92. The Morgan fingerprint density at radius 1 is 1.42 bits per heavy atom. The van der Waals surface area contributed by atoms with E-state index in [1.54, 1.807) is 0 Å². The zero-order chi connectivity index (χ0) is 13.9. The van der Waals surface area contributed by atoms with E-state index in [4.69, 9.17) is 5.11 Å². The van der Waals surface area contributed by atoms with Crippen molar-refractivity contribution in [2.45, 2.75) is 25.7 Å². The molecular formula is C13H23N3O3. The molecule has 1 heterocycles. The smallest absolute Gasteiger partial charge is 0.317 e. The Kier molecular flexibility index (Phi) is 4.29. The largest absolute Gasteiger partial charge is 0.481 e. The highest BCUT2D eigenvalue weighted by molar-refractivity contribution is 5.80. The number of urea groups is 1. The van der Waals surface area contributed by atoms with Crippen molar-refractivity contribution in [3.63, 3.8) is 0 Å². The SMILES string of the molecule is CNCC1CCCN(C(=O)NCC2(C(=O)O)CC2)C1. The molecule has 2 aliphatic rings. The highest BCUT2D eigenvalue weighted by Gasteiger charge is 2.50. The van der Waals surface area contributed by atoms with Gasteiger partial charge >= 0.3 is 12.0 Å². The third kappa shape index (κ3) is 3.37. The zero-order valence-electron chi connectivity index (χ0n) is 11.4. The quantitative estimate of drug-likeness (QED) is 0.678. The Balaban J connectivity index is 1.78. The molecule has 1 saturated heterocycles. The summed E-state index contributed by atoms with van der Waals surface area (Å²) >= 11 is 0. The average molecular weight is 269 g/mol. The fourth-order valence-electron chi connectivity index (χ4n) is 2.68. The highest BCUT2D eigenvalue weighted by atomic mass is 16.4. The molecule has 19 heavy (non-hydrogen) atoms. The molecule has 0 bridgehead atoms. The van der Waals surface area contributed by atoms with Crippen LogP contribution in [0.4, 0.5) is 4.79 Å². The molecule has 0 aromatic heterocycles. The van der Waals surface area contributed by atoms with Crippen LogP contribution in [0.1, 0.15) is 25.7 Å². The third-order valence-electron chi connectivity index (χ3n) is 4.18. The van der Waals surface area contributed by atoms with Crippen LogP contribution in [0.5, 0.6) is 0 Å². The van der Waals surface area contributed by atoms with Crippen LogP contribution < -0.4 is 10.6 Å². The van der Waals surface area contributed by atoms with Gasteiger partial charge in [0, 0.05) is 19.6 Å². The third-order valence-corrected chi connectivity index (χ3v) is 4.18. The van der Waals surface area contributed by atoms with Crippen molar-refractivity contribution in [3.05, 3.63) is 0 Å². The first-order valence-corrected chi connectivity index (χ1v) is 6.98. The number of hydrogen-bond donors (Lipinski definition) is 3. The number of nitrogens with one attached hydrogen (secondary N) is 2. The lowest BCUT2D eigenvalue weighted by Gasteiger charge is -2.33. The number of likely N-dealkylation sites (tertiary alicyclic amines) is 1. The summed E-state index contributed by atoms with van der Waals surface area (Å²) in [5, 5.41) is 15.0. The van der Waals surface area contributed by atoms with E-state index in [2.05, 4.69) is 10.6 Å². The summed E-state index contributed by atoms with van der Waals surface area (Å²) in [6.45, 7) is 2.70. The van der Waals surface area contributed by atoms with E-state index in [0.29, 0.717) is 18.8 Å². The summed E-state index contributed by atoms with van der Waals surface area (Å²) < 4.78 is 0. The molecular weight excluding hydrogens is 246 g/mol.